The molecule has 156 valence electrons. The van der Waals surface area contributed by atoms with Crippen LogP contribution in [-0.4, -0.2) is 42.7 Å². The van der Waals surface area contributed by atoms with Crippen LogP contribution in [0.15, 0.2) is 64.5 Å². The summed E-state index contributed by atoms with van der Waals surface area (Å²) in [5.74, 6) is -0.165. The van der Waals surface area contributed by atoms with Gasteiger partial charge in [-0.1, -0.05) is 48.2 Å². The van der Waals surface area contributed by atoms with Gasteiger partial charge in [-0.15, -0.1) is 0 Å². The first-order valence-corrected chi connectivity index (χ1v) is 10.8. The third-order valence-electron chi connectivity index (χ3n) is 5.25. The molecule has 1 aliphatic rings. The van der Waals surface area contributed by atoms with Gasteiger partial charge in [-0.25, -0.2) is 18.9 Å². The van der Waals surface area contributed by atoms with Crippen LogP contribution in [0.3, 0.4) is 0 Å². The first kappa shape index (κ1) is 19.5. The quantitative estimate of drug-likeness (QED) is 0.499. The number of fused-ring (bicyclic) bond motifs is 2. The third kappa shape index (κ3) is 3.84. The van der Waals surface area contributed by atoms with Crippen molar-refractivity contribution < 1.29 is 9.18 Å². The lowest BCUT2D eigenvalue weighted by Crippen LogP contribution is -2.37. The van der Waals surface area contributed by atoms with Gasteiger partial charge in [0.1, 0.15) is 5.82 Å². The van der Waals surface area contributed by atoms with E-state index in [4.69, 9.17) is 0 Å². The Morgan fingerprint density at radius 3 is 2.71 bits per heavy atom. The van der Waals surface area contributed by atoms with E-state index in [9.17, 15) is 14.0 Å². The molecular weight excluding hydrogens is 417 g/mol. The maximum Gasteiger partial charge on any atom is 0.266 e. The first-order chi connectivity index (χ1) is 15.1. The van der Waals surface area contributed by atoms with E-state index in [-0.39, 0.29) is 28.6 Å². The summed E-state index contributed by atoms with van der Waals surface area (Å²) >= 11 is 1.19. The zero-order valence-electron chi connectivity index (χ0n) is 16.4. The number of nitrogens with zero attached hydrogens (tertiary/aromatic N) is 4. The summed E-state index contributed by atoms with van der Waals surface area (Å²) in [4.78, 5) is 35.3. The Labute approximate surface area is 180 Å². The van der Waals surface area contributed by atoms with Crippen LogP contribution in [0.4, 0.5) is 4.39 Å². The summed E-state index contributed by atoms with van der Waals surface area (Å²) in [6.07, 6.45) is 0.826. The van der Waals surface area contributed by atoms with Crippen LogP contribution < -0.4 is 5.56 Å². The van der Waals surface area contributed by atoms with Gasteiger partial charge in [0.05, 0.1) is 11.3 Å². The van der Waals surface area contributed by atoms with Crippen LogP contribution in [-0.2, 0) is 17.8 Å². The topological polar surface area (TPSA) is 83.4 Å². The van der Waals surface area contributed by atoms with E-state index in [1.54, 1.807) is 18.2 Å². The number of rotatable bonds is 4. The lowest BCUT2D eigenvalue weighted by Gasteiger charge is -2.28. The van der Waals surface area contributed by atoms with Crippen molar-refractivity contribution in [1.29, 1.82) is 0 Å². The second-order valence-electron chi connectivity index (χ2n) is 7.25. The summed E-state index contributed by atoms with van der Waals surface area (Å²) in [7, 11) is 0. The van der Waals surface area contributed by atoms with Crippen LogP contribution in [0.1, 0.15) is 11.1 Å². The number of H-pyrrole nitrogens is 1. The van der Waals surface area contributed by atoms with Crippen LogP contribution in [0, 0.1) is 5.82 Å². The molecule has 9 heteroatoms. The monoisotopic (exact) mass is 435 g/mol. The van der Waals surface area contributed by atoms with E-state index in [0.29, 0.717) is 23.9 Å². The minimum atomic E-state index is -0.455. The Morgan fingerprint density at radius 1 is 1.10 bits per heavy atom. The molecule has 4 aromatic rings. The number of aromatic nitrogens is 4. The zero-order valence-corrected chi connectivity index (χ0v) is 17.2. The average molecular weight is 435 g/mol. The summed E-state index contributed by atoms with van der Waals surface area (Å²) in [5.41, 5.74) is 2.64. The smallest absolute Gasteiger partial charge is 0.266 e. The molecular formula is C22H18FN5O2S. The molecule has 0 fully saturated rings. The molecule has 2 aromatic heterocycles. The summed E-state index contributed by atoms with van der Waals surface area (Å²) in [6.45, 7) is 1.24. The number of halogens is 1. The minimum absolute atomic E-state index is 0.0202. The molecule has 2 aromatic carbocycles. The predicted molar refractivity (Wildman–Crippen MR) is 115 cm³/mol. The van der Waals surface area contributed by atoms with Gasteiger partial charge in [0, 0.05) is 19.2 Å². The Hall–Kier alpha value is -3.46. The van der Waals surface area contributed by atoms with E-state index < -0.39 is 5.82 Å². The molecule has 0 spiro atoms. The molecule has 0 saturated heterocycles. The van der Waals surface area contributed by atoms with Crippen LogP contribution in [0.2, 0.25) is 0 Å². The van der Waals surface area contributed by atoms with Crippen molar-refractivity contribution >= 4 is 23.3 Å². The summed E-state index contributed by atoms with van der Waals surface area (Å²) in [5, 5.41) is 3.00. The van der Waals surface area contributed by atoms with Gasteiger partial charge in [-0.05, 0) is 29.7 Å². The highest BCUT2D eigenvalue weighted by atomic mass is 32.2. The molecule has 3 heterocycles. The number of amides is 1. The molecule has 0 bridgehead atoms. The van der Waals surface area contributed by atoms with Crippen molar-refractivity contribution in [2.24, 2.45) is 0 Å². The highest BCUT2D eigenvalue weighted by Crippen LogP contribution is 2.25. The van der Waals surface area contributed by atoms with Gasteiger partial charge in [0.15, 0.2) is 16.6 Å². The highest BCUT2D eigenvalue weighted by molar-refractivity contribution is 7.99. The zero-order chi connectivity index (χ0) is 21.4. The molecule has 0 aliphatic carbocycles. The Balaban J connectivity index is 1.41. The Morgan fingerprint density at radius 2 is 1.87 bits per heavy atom. The number of thioether (sulfide) groups is 1. The number of benzene rings is 2. The molecule has 0 radical (unpaired) electrons. The minimum Gasteiger partial charge on any atom is -0.337 e. The standard InChI is InChI=1S/C22H18FN5O2S/c23-17-8-4-3-7-16(17)21-24-18-11-19(29)26-28(18)22(25-21)31-13-20(30)27-10-9-14-5-1-2-6-15(14)12-27/h1-8,11H,9-10,12-13H2,(H,26,29). The van der Waals surface area contributed by atoms with E-state index >= 15 is 0 Å². The van der Waals surface area contributed by atoms with Crippen molar-refractivity contribution in [2.45, 2.75) is 18.1 Å². The molecule has 1 amide bonds. The second-order valence-corrected chi connectivity index (χ2v) is 8.19. The average Bonchev–Trinajstić information content (AvgIpc) is 3.17. The van der Waals surface area contributed by atoms with Gasteiger partial charge in [-0.3, -0.25) is 14.7 Å². The molecule has 5 rings (SSSR count). The van der Waals surface area contributed by atoms with E-state index in [1.165, 1.54) is 34.0 Å². The van der Waals surface area contributed by atoms with Crippen molar-refractivity contribution in [3.8, 4) is 11.4 Å². The molecule has 7 nitrogen and oxygen atoms in total. The Kier molecular flexibility index (Phi) is 5.03. The lowest BCUT2D eigenvalue weighted by atomic mass is 10.00. The number of hydrogen-bond acceptors (Lipinski definition) is 5. The van der Waals surface area contributed by atoms with Gasteiger partial charge in [0.2, 0.25) is 5.91 Å². The van der Waals surface area contributed by atoms with Gasteiger partial charge in [0.25, 0.3) is 5.56 Å². The predicted octanol–water partition coefficient (Wildman–Crippen LogP) is 2.90. The second kappa shape index (κ2) is 7.99. The molecule has 31 heavy (non-hydrogen) atoms. The maximum atomic E-state index is 14.3. The van der Waals surface area contributed by atoms with Crippen molar-refractivity contribution in [2.75, 3.05) is 12.3 Å². The number of nitrogens with one attached hydrogen (secondary N) is 1. The maximum absolute atomic E-state index is 14.3. The van der Waals surface area contributed by atoms with Crippen LogP contribution in [0.25, 0.3) is 17.0 Å². The molecule has 1 aliphatic heterocycles. The fourth-order valence-electron chi connectivity index (χ4n) is 3.67. The van der Waals surface area contributed by atoms with Gasteiger partial charge in [-0.2, -0.15) is 0 Å². The molecule has 0 saturated carbocycles. The van der Waals surface area contributed by atoms with Gasteiger partial charge < -0.3 is 4.90 Å². The lowest BCUT2D eigenvalue weighted by molar-refractivity contribution is -0.129. The van der Waals surface area contributed by atoms with Gasteiger partial charge >= 0.3 is 0 Å². The number of aromatic amines is 1. The summed E-state index contributed by atoms with van der Waals surface area (Å²) in [6, 6.07) is 15.6. The van der Waals surface area contributed by atoms with E-state index in [1.807, 2.05) is 23.1 Å². The van der Waals surface area contributed by atoms with E-state index in [2.05, 4.69) is 21.1 Å². The number of hydrogen-bond donors (Lipinski definition) is 1. The SMILES string of the molecule is O=C(CSc1nc(-c2ccccc2F)nc2cc(=O)[nH]n12)N1CCc2ccccc2C1. The highest BCUT2D eigenvalue weighted by Gasteiger charge is 2.21. The molecule has 1 N–H and O–H groups in total. The number of carbonyl (C=O) groups excluding carboxylic acids is 1. The van der Waals surface area contributed by atoms with E-state index in [0.717, 1.165) is 12.0 Å². The Bertz CT molecular complexity index is 1350. The molecule has 0 unspecified atom stereocenters. The normalized spacial score (nSPS) is 13.4. The van der Waals surface area contributed by atoms with Crippen molar-refractivity contribution in [1.82, 2.24) is 24.5 Å². The number of carbonyl (C=O) groups is 1. The largest absolute Gasteiger partial charge is 0.337 e. The summed E-state index contributed by atoms with van der Waals surface area (Å²) < 4.78 is 15.7. The third-order valence-corrected chi connectivity index (χ3v) is 6.17. The van der Waals surface area contributed by atoms with Crippen molar-refractivity contribution in [3.63, 3.8) is 0 Å². The van der Waals surface area contributed by atoms with Crippen LogP contribution >= 0.6 is 11.8 Å². The molecule has 0 atom stereocenters. The first-order valence-electron chi connectivity index (χ1n) is 9.80. The van der Waals surface area contributed by atoms with Crippen molar-refractivity contribution in [3.05, 3.63) is 81.9 Å². The van der Waals surface area contributed by atoms with Crippen LogP contribution in [0.5, 0.6) is 0 Å². The fraction of sp³-hybridized carbons (Fsp3) is 0.182. The fourth-order valence-corrected chi connectivity index (χ4v) is 4.52.